The highest BCUT2D eigenvalue weighted by molar-refractivity contribution is 6.32. The highest BCUT2D eigenvalue weighted by atomic mass is 35.5. The Kier molecular flexibility index (Phi) is 3.78. The Morgan fingerprint density at radius 2 is 2.07 bits per heavy atom. The molecular weight excluding hydrogens is 200 g/mol. The summed E-state index contributed by atoms with van der Waals surface area (Å²) in [5, 5.41) is 9.70. The third kappa shape index (κ3) is 2.20. The number of aliphatic hydroxyl groups excluding tert-OH is 1. The van der Waals surface area contributed by atoms with Gasteiger partial charge in [-0.05, 0) is 29.2 Å². The van der Waals surface area contributed by atoms with Crippen LogP contribution in [-0.4, -0.2) is 12.2 Å². The molecule has 1 aromatic rings. The Labute approximate surface area is 89.5 Å². The maximum atomic E-state index is 9.16. The van der Waals surface area contributed by atoms with Crippen molar-refractivity contribution in [3.8, 4) is 5.75 Å². The number of aliphatic hydroxyl groups is 1. The Morgan fingerprint density at radius 3 is 2.50 bits per heavy atom. The number of hydrogen-bond donors (Lipinski definition) is 1. The first-order valence-corrected chi connectivity index (χ1v) is 4.95. The van der Waals surface area contributed by atoms with E-state index in [4.69, 9.17) is 21.4 Å². The van der Waals surface area contributed by atoms with Crippen LogP contribution in [0, 0.1) is 0 Å². The van der Waals surface area contributed by atoms with E-state index in [1.807, 2.05) is 6.07 Å². The summed E-state index contributed by atoms with van der Waals surface area (Å²) in [6.07, 6.45) is 0. The van der Waals surface area contributed by atoms with E-state index in [1.165, 1.54) is 0 Å². The Hall–Kier alpha value is -0.730. The first-order chi connectivity index (χ1) is 6.60. The summed E-state index contributed by atoms with van der Waals surface area (Å²) >= 11 is 5.95. The molecule has 0 aliphatic carbocycles. The molecular formula is C11H15ClO2. The number of hydrogen-bond acceptors (Lipinski definition) is 2. The summed E-state index contributed by atoms with van der Waals surface area (Å²) in [5.74, 6) is 1.01. The zero-order valence-corrected chi connectivity index (χ0v) is 9.43. The molecule has 0 atom stereocenters. The molecule has 0 saturated heterocycles. The van der Waals surface area contributed by atoms with Gasteiger partial charge in [0.05, 0.1) is 18.7 Å². The van der Waals surface area contributed by atoms with Crippen molar-refractivity contribution < 1.29 is 9.84 Å². The van der Waals surface area contributed by atoms with Gasteiger partial charge in [0.1, 0.15) is 5.75 Å². The maximum Gasteiger partial charge on any atom is 0.137 e. The SMILES string of the molecule is COc1cc(C(C)C)c(CO)cc1Cl. The van der Waals surface area contributed by atoms with Gasteiger partial charge in [0.25, 0.3) is 0 Å². The van der Waals surface area contributed by atoms with Gasteiger partial charge in [-0.3, -0.25) is 0 Å². The molecule has 0 fully saturated rings. The minimum absolute atomic E-state index is 0.0111. The second-order valence-corrected chi connectivity index (χ2v) is 3.91. The van der Waals surface area contributed by atoms with Gasteiger partial charge in [-0.2, -0.15) is 0 Å². The average Bonchev–Trinajstić information content (AvgIpc) is 2.16. The molecule has 1 rings (SSSR count). The first-order valence-electron chi connectivity index (χ1n) is 4.57. The quantitative estimate of drug-likeness (QED) is 0.839. The Morgan fingerprint density at radius 1 is 1.43 bits per heavy atom. The summed E-state index contributed by atoms with van der Waals surface area (Å²) in [6.45, 7) is 4.15. The predicted octanol–water partition coefficient (Wildman–Crippen LogP) is 2.96. The molecule has 78 valence electrons. The second kappa shape index (κ2) is 4.67. The van der Waals surface area contributed by atoms with Crippen molar-refractivity contribution in [2.45, 2.75) is 26.4 Å². The third-order valence-electron chi connectivity index (χ3n) is 2.21. The minimum Gasteiger partial charge on any atom is -0.495 e. The molecule has 0 saturated carbocycles. The van der Waals surface area contributed by atoms with Gasteiger partial charge >= 0.3 is 0 Å². The smallest absolute Gasteiger partial charge is 0.137 e. The number of ether oxygens (including phenoxy) is 1. The molecule has 0 heterocycles. The molecule has 0 amide bonds. The lowest BCUT2D eigenvalue weighted by atomic mass is 9.97. The van der Waals surface area contributed by atoms with Crippen molar-refractivity contribution in [3.63, 3.8) is 0 Å². The standard InChI is InChI=1S/C11H15ClO2/c1-7(2)9-5-11(14-3)10(12)4-8(9)6-13/h4-5,7,13H,6H2,1-3H3. The fourth-order valence-corrected chi connectivity index (χ4v) is 1.70. The molecule has 0 unspecified atom stereocenters. The lowest BCUT2D eigenvalue weighted by molar-refractivity contribution is 0.280. The van der Waals surface area contributed by atoms with Crippen LogP contribution in [0.25, 0.3) is 0 Å². The van der Waals surface area contributed by atoms with Crippen LogP contribution in [0.2, 0.25) is 5.02 Å². The molecule has 0 spiro atoms. The molecule has 0 aliphatic rings. The largest absolute Gasteiger partial charge is 0.495 e. The minimum atomic E-state index is 0.0111. The Balaban J connectivity index is 3.25. The fourth-order valence-electron chi connectivity index (χ4n) is 1.44. The van der Waals surface area contributed by atoms with Crippen LogP contribution in [0.3, 0.4) is 0 Å². The van der Waals surface area contributed by atoms with Crippen LogP contribution in [-0.2, 0) is 6.61 Å². The monoisotopic (exact) mass is 214 g/mol. The van der Waals surface area contributed by atoms with Crippen molar-refractivity contribution in [1.82, 2.24) is 0 Å². The molecule has 1 N–H and O–H groups in total. The van der Waals surface area contributed by atoms with E-state index in [0.717, 1.165) is 11.1 Å². The van der Waals surface area contributed by atoms with Gasteiger partial charge in [-0.1, -0.05) is 25.4 Å². The zero-order valence-electron chi connectivity index (χ0n) is 8.67. The van der Waals surface area contributed by atoms with Gasteiger partial charge in [0.15, 0.2) is 0 Å². The fraction of sp³-hybridized carbons (Fsp3) is 0.455. The molecule has 3 heteroatoms. The molecule has 2 nitrogen and oxygen atoms in total. The van der Waals surface area contributed by atoms with Gasteiger partial charge in [0.2, 0.25) is 0 Å². The lowest BCUT2D eigenvalue weighted by Crippen LogP contribution is -1.98. The summed E-state index contributed by atoms with van der Waals surface area (Å²) in [5.41, 5.74) is 1.94. The van der Waals surface area contributed by atoms with Crippen LogP contribution in [0.4, 0.5) is 0 Å². The van der Waals surface area contributed by atoms with E-state index < -0.39 is 0 Å². The molecule has 0 aliphatic heterocycles. The van der Waals surface area contributed by atoms with E-state index in [0.29, 0.717) is 16.7 Å². The van der Waals surface area contributed by atoms with E-state index in [2.05, 4.69) is 13.8 Å². The summed E-state index contributed by atoms with van der Waals surface area (Å²) < 4.78 is 5.12. The number of halogens is 1. The van der Waals surface area contributed by atoms with E-state index >= 15 is 0 Å². The van der Waals surface area contributed by atoms with Gasteiger partial charge < -0.3 is 9.84 Å². The normalized spacial score (nSPS) is 10.7. The second-order valence-electron chi connectivity index (χ2n) is 3.50. The molecule has 0 aromatic heterocycles. The zero-order chi connectivity index (χ0) is 10.7. The number of rotatable bonds is 3. The van der Waals surface area contributed by atoms with Gasteiger partial charge in [-0.15, -0.1) is 0 Å². The average molecular weight is 215 g/mol. The van der Waals surface area contributed by atoms with Crippen molar-refractivity contribution in [1.29, 1.82) is 0 Å². The molecule has 0 bridgehead atoms. The molecule has 0 radical (unpaired) electrons. The third-order valence-corrected chi connectivity index (χ3v) is 2.50. The van der Waals surface area contributed by atoms with E-state index in [1.54, 1.807) is 13.2 Å². The van der Waals surface area contributed by atoms with Crippen LogP contribution >= 0.6 is 11.6 Å². The van der Waals surface area contributed by atoms with Crippen LogP contribution in [0.5, 0.6) is 5.75 Å². The summed E-state index contributed by atoms with van der Waals surface area (Å²) in [6, 6.07) is 3.65. The highest BCUT2D eigenvalue weighted by Crippen LogP contribution is 2.31. The topological polar surface area (TPSA) is 29.5 Å². The molecule has 1 aromatic carbocycles. The van der Waals surface area contributed by atoms with Crippen molar-refractivity contribution in [2.75, 3.05) is 7.11 Å². The Bertz CT molecular complexity index is 321. The lowest BCUT2D eigenvalue weighted by Gasteiger charge is -2.14. The van der Waals surface area contributed by atoms with Crippen LogP contribution in [0.1, 0.15) is 30.9 Å². The van der Waals surface area contributed by atoms with E-state index in [9.17, 15) is 0 Å². The summed E-state index contributed by atoms with van der Waals surface area (Å²) in [4.78, 5) is 0. The van der Waals surface area contributed by atoms with E-state index in [-0.39, 0.29) is 6.61 Å². The first kappa shape index (κ1) is 11.3. The van der Waals surface area contributed by atoms with Crippen molar-refractivity contribution in [3.05, 3.63) is 28.3 Å². The van der Waals surface area contributed by atoms with Gasteiger partial charge in [0, 0.05) is 0 Å². The maximum absolute atomic E-state index is 9.16. The van der Waals surface area contributed by atoms with Crippen LogP contribution < -0.4 is 4.74 Å². The predicted molar refractivity (Wildman–Crippen MR) is 58.0 cm³/mol. The van der Waals surface area contributed by atoms with Crippen LogP contribution in [0.15, 0.2) is 12.1 Å². The number of methoxy groups -OCH3 is 1. The van der Waals surface area contributed by atoms with Crippen molar-refractivity contribution in [2.24, 2.45) is 0 Å². The summed E-state index contributed by atoms with van der Waals surface area (Å²) in [7, 11) is 1.59. The van der Waals surface area contributed by atoms with Crippen molar-refractivity contribution >= 4 is 11.6 Å². The van der Waals surface area contributed by atoms with Gasteiger partial charge in [-0.25, -0.2) is 0 Å². The number of benzene rings is 1. The highest BCUT2D eigenvalue weighted by Gasteiger charge is 2.10. The molecule has 14 heavy (non-hydrogen) atoms.